The largest absolute Gasteiger partial charge is 0.396 e. The number of aliphatic hydroxyl groups is 1. The quantitative estimate of drug-likeness (QED) is 0.660. The van der Waals surface area contributed by atoms with Gasteiger partial charge in [-0.2, -0.15) is 0 Å². The summed E-state index contributed by atoms with van der Waals surface area (Å²) in [6.45, 7) is -0.00440. The highest BCUT2D eigenvalue weighted by Gasteiger charge is 2.29. The fourth-order valence-corrected chi connectivity index (χ4v) is 3.00. The molecule has 0 spiro atoms. The van der Waals surface area contributed by atoms with Crippen molar-refractivity contribution in [3.63, 3.8) is 0 Å². The molecule has 0 aliphatic heterocycles. The molecule has 1 aromatic rings. The summed E-state index contributed by atoms with van der Waals surface area (Å²) in [6, 6.07) is 3.97. The smallest absolute Gasteiger partial charge is 0.283 e. The normalized spacial score (nSPS) is 21.8. The van der Waals surface area contributed by atoms with E-state index in [2.05, 4.69) is 5.32 Å². The summed E-state index contributed by atoms with van der Waals surface area (Å²) in [5.74, 6) is -0.568. The maximum absolute atomic E-state index is 12.3. The van der Waals surface area contributed by atoms with E-state index < -0.39 is 10.8 Å². The number of carbonyl (C=O) groups is 1. The topological polar surface area (TPSA) is 92.5 Å². The van der Waals surface area contributed by atoms with Crippen LogP contribution >= 0.6 is 11.6 Å². The highest BCUT2D eigenvalue weighted by Crippen LogP contribution is 2.28. The minimum absolute atomic E-state index is 0.00440. The van der Waals surface area contributed by atoms with Crippen LogP contribution in [0.3, 0.4) is 0 Å². The Bertz CT molecular complexity index is 550. The van der Waals surface area contributed by atoms with E-state index in [9.17, 15) is 20.0 Å². The molecular weight excluding hydrogens is 296 g/mol. The third kappa shape index (κ3) is 3.51. The third-order valence-electron chi connectivity index (χ3n) is 3.88. The van der Waals surface area contributed by atoms with Gasteiger partial charge in [0.1, 0.15) is 5.56 Å². The van der Waals surface area contributed by atoms with Gasteiger partial charge in [-0.15, -0.1) is 0 Å². The summed E-state index contributed by atoms with van der Waals surface area (Å²) < 4.78 is 0. The number of carbonyl (C=O) groups excluding carboxylic acids is 1. The predicted octanol–water partition coefficient (Wildman–Crippen LogP) is 2.53. The molecule has 7 heteroatoms. The molecule has 0 aromatic heterocycles. The van der Waals surface area contributed by atoms with Crippen LogP contribution < -0.4 is 5.32 Å². The highest BCUT2D eigenvalue weighted by molar-refractivity contribution is 6.34. The molecule has 2 rings (SSSR count). The monoisotopic (exact) mass is 312 g/mol. The molecule has 1 aromatic carbocycles. The number of hydrogen-bond donors (Lipinski definition) is 2. The highest BCUT2D eigenvalue weighted by atomic mass is 35.5. The zero-order chi connectivity index (χ0) is 15.4. The van der Waals surface area contributed by atoms with Gasteiger partial charge in [0.05, 0.1) is 9.95 Å². The van der Waals surface area contributed by atoms with E-state index in [1.54, 1.807) is 0 Å². The molecular formula is C14H17ClN2O4. The van der Waals surface area contributed by atoms with Crippen molar-refractivity contribution in [3.8, 4) is 0 Å². The Balaban J connectivity index is 2.22. The van der Waals surface area contributed by atoms with Crippen LogP contribution in [0.4, 0.5) is 5.69 Å². The number of hydrogen-bond acceptors (Lipinski definition) is 4. The summed E-state index contributed by atoms with van der Waals surface area (Å²) in [6.07, 6.45) is 3.58. The molecule has 1 aliphatic carbocycles. The van der Waals surface area contributed by atoms with Crippen LogP contribution in [0, 0.1) is 16.0 Å². The van der Waals surface area contributed by atoms with Gasteiger partial charge in [-0.05, 0) is 18.9 Å². The van der Waals surface area contributed by atoms with Gasteiger partial charge in [-0.1, -0.05) is 30.5 Å². The van der Waals surface area contributed by atoms with Crippen LogP contribution in [-0.2, 0) is 0 Å². The van der Waals surface area contributed by atoms with Crippen molar-refractivity contribution < 1.29 is 14.8 Å². The summed E-state index contributed by atoms with van der Waals surface area (Å²) in [4.78, 5) is 22.7. The molecule has 0 saturated heterocycles. The molecule has 6 nitrogen and oxygen atoms in total. The van der Waals surface area contributed by atoms with E-state index in [1.807, 2.05) is 0 Å². The van der Waals surface area contributed by atoms with Crippen molar-refractivity contribution in [2.75, 3.05) is 6.61 Å². The maximum Gasteiger partial charge on any atom is 0.283 e. The van der Waals surface area contributed by atoms with Gasteiger partial charge in [-0.3, -0.25) is 14.9 Å². The number of halogens is 1. The lowest BCUT2D eigenvalue weighted by Gasteiger charge is -2.30. The molecule has 0 bridgehead atoms. The Morgan fingerprint density at radius 2 is 2.14 bits per heavy atom. The average molecular weight is 313 g/mol. The van der Waals surface area contributed by atoms with Gasteiger partial charge in [0.15, 0.2) is 0 Å². The SMILES string of the molecule is O=C(NC1CCCCC1CO)c1c(Cl)cccc1[N+](=O)[O-]. The second-order valence-corrected chi connectivity index (χ2v) is 5.61. The molecule has 114 valence electrons. The number of nitrogens with one attached hydrogen (secondary N) is 1. The van der Waals surface area contributed by atoms with E-state index in [0.717, 1.165) is 25.7 Å². The molecule has 21 heavy (non-hydrogen) atoms. The Morgan fingerprint density at radius 1 is 1.43 bits per heavy atom. The first-order valence-corrected chi connectivity index (χ1v) is 7.27. The number of nitrogens with zero attached hydrogens (tertiary/aromatic N) is 1. The first kappa shape index (κ1) is 15.7. The van der Waals surface area contributed by atoms with Crippen LogP contribution in [0.15, 0.2) is 18.2 Å². The van der Waals surface area contributed by atoms with Gasteiger partial charge in [0, 0.05) is 24.6 Å². The summed E-state index contributed by atoms with van der Waals surface area (Å²) in [5.41, 5.74) is -0.428. The third-order valence-corrected chi connectivity index (χ3v) is 4.19. The Labute approximate surface area is 127 Å². The van der Waals surface area contributed by atoms with E-state index in [1.165, 1.54) is 18.2 Å². The second kappa shape index (κ2) is 6.87. The van der Waals surface area contributed by atoms with Gasteiger partial charge < -0.3 is 10.4 Å². The molecule has 2 unspecified atom stereocenters. The molecule has 1 amide bonds. The minimum Gasteiger partial charge on any atom is -0.396 e. The predicted molar refractivity (Wildman–Crippen MR) is 78.4 cm³/mol. The minimum atomic E-state index is -0.620. The number of rotatable bonds is 4. The molecule has 1 fully saturated rings. The number of aliphatic hydroxyl groups excluding tert-OH is 1. The van der Waals surface area contributed by atoms with Crippen LogP contribution in [-0.4, -0.2) is 28.6 Å². The number of nitro groups is 1. The van der Waals surface area contributed by atoms with Crippen LogP contribution in [0.1, 0.15) is 36.0 Å². The average Bonchev–Trinajstić information content (AvgIpc) is 2.47. The number of benzene rings is 1. The fourth-order valence-electron chi connectivity index (χ4n) is 2.75. The van der Waals surface area contributed by atoms with Crippen LogP contribution in [0.2, 0.25) is 5.02 Å². The van der Waals surface area contributed by atoms with E-state index in [-0.39, 0.29) is 34.8 Å². The lowest BCUT2D eigenvalue weighted by molar-refractivity contribution is -0.385. The van der Waals surface area contributed by atoms with Gasteiger partial charge >= 0.3 is 0 Å². The molecule has 0 radical (unpaired) electrons. The van der Waals surface area contributed by atoms with E-state index >= 15 is 0 Å². The summed E-state index contributed by atoms with van der Waals surface area (Å²) in [5, 5.41) is 23.2. The van der Waals surface area contributed by atoms with Gasteiger partial charge in [0.25, 0.3) is 11.6 Å². The Kier molecular flexibility index (Phi) is 5.14. The molecule has 0 heterocycles. The molecule has 1 saturated carbocycles. The Hall–Kier alpha value is -1.66. The van der Waals surface area contributed by atoms with E-state index in [0.29, 0.717) is 0 Å². The van der Waals surface area contributed by atoms with Gasteiger partial charge in [0.2, 0.25) is 0 Å². The number of nitro benzene ring substituents is 1. The lowest BCUT2D eigenvalue weighted by atomic mass is 9.85. The van der Waals surface area contributed by atoms with Gasteiger partial charge in [-0.25, -0.2) is 0 Å². The number of amides is 1. The summed E-state index contributed by atoms with van der Waals surface area (Å²) in [7, 11) is 0. The Morgan fingerprint density at radius 3 is 2.81 bits per heavy atom. The summed E-state index contributed by atoms with van der Waals surface area (Å²) >= 11 is 5.94. The molecule has 1 aliphatic rings. The second-order valence-electron chi connectivity index (χ2n) is 5.20. The lowest BCUT2D eigenvalue weighted by Crippen LogP contribution is -2.43. The standard InChI is InChI=1S/C14H17ClN2O4/c15-10-5-3-7-12(17(20)21)13(10)14(19)16-11-6-2-1-4-9(11)8-18/h3,5,7,9,11,18H,1-2,4,6,8H2,(H,16,19). The van der Waals surface area contributed by atoms with Crippen molar-refractivity contribution in [2.45, 2.75) is 31.7 Å². The first-order valence-electron chi connectivity index (χ1n) is 6.89. The van der Waals surface area contributed by atoms with E-state index in [4.69, 9.17) is 11.6 Å². The molecule has 2 atom stereocenters. The maximum atomic E-state index is 12.3. The van der Waals surface area contributed by atoms with Crippen LogP contribution in [0.5, 0.6) is 0 Å². The first-order chi connectivity index (χ1) is 10.0. The zero-order valence-corrected chi connectivity index (χ0v) is 12.2. The van der Waals surface area contributed by atoms with Crippen molar-refractivity contribution in [2.24, 2.45) is 5.92 Å². The van der Waals surface area contributed by atoms with Crippen molar-refractivity contribution in [3.05, 3.63) is 38.9 Å². The van der Waals surface area contributed by atoms with Crippen molar-refractivity contribution in [1.29, 1.82) is 0 Å². The fraction of sp³-hybridized carbons (Fsp3) is 0.500. The van der Waals surface area contributed by atoms with Crippen LogP contribution in [0.25, 0.3) is 0 Å². The molecule has 2 N–H and O–H groups in total. The van der Waals surface area contributed by atoms with Crippen molar-refractivity contribution in [1.82, 2.24) is 5.32 Å². The van der Waals surface area contributed by atoms with Crippen molar-refractivity contribution >= 4 is 23.2 Å². The zero-order valence-electron chi connectivity index (χ0n) is 11.4.